The van der Waals surface area contributed by atoms with E-state index in [1.807, 2.05) is 6.07 Å². The molecule has 0 amide bonds. The number of rotatable bonds is 3. The molecule has 1 heterocycles. The van der Waals surface area contributed by atoms with Crippen molar-refractivity contribution in [2.75, 3.05) is 13.1 Å². The van der Waals surface area contributed by atoms with Crippen LogP contribution >= 0.6 is 0 Å². The zero-order chi connectivity index (χ0) is 13.2. The highest BCUT2D eigenvalue weighted by Crippen LogP contribution is 2.20. The number of benzene rings is 1. The van der Waals surface area contributed by atoms with E-state index >= 15 is 0 Å². The first-order valence-corrected chi connectivity index (χ1v) is 7.19. The van der Waals surface area contributed by atoms with E-state index in [0.29, 0.717) is 19.5 Å². The number of nitrogens with zero attached hydrogens (tertiary/aromatic N) is 2. The van der Waals surface area contributed by atoms with Crippen molar-refractivity contribution in [3.05, 3.63) is 29.8 Å². The van der Waals surface area contributed by atoms with E-state index in [1.54, 1.807) is 24.3 Å². The lowest BCUT2D eigenvalue weighted by molar-refractivity contribution is 0.472. The van der Waals surface area contributed by atoms with E-state index in [4.69, 9.17) is 11.0 Å². The normalized spacial score (nSPS) is 20.8. The van der Waals surface area contributed by atoms with Crippen molar-refractivity contribution in [3.63, 3.8) is 0 Å². The Morgan fingerprint density at radius 2 is 2.06 bits per heavy atom. The maximum Gasteiger partial charge on any atom is 0.243 e. The number of hydrogen-bond acceptors (Lipinski definition) is 4. The van der Waals surface area contributed by atoms with Gasteiger partial charge in [-0.3, -0.25) is 0 Å². The molecule has 1 atom stereocenters. The number of nitriles is 1. The topological polar surface area (TPSA) is 87.2 Å². The second-order valence-corrected chi connectivity index (χ2v) is 6.33. The molecule has 1 aliphatic heterocycles. The molecule has 6 heteroatoms. The van der Waals surface area contributed by atoms with Crippen LogP contribution in [0.25, 0.3) is 0 Å². The first-order valence-electron chi connectivity index (χ1n) is 5.75. The van der Waals surface area contributed by atoms with Crippen molar-refractivity contribution in [3.8, 4) is 6.07 Å². The molecule has 96 valence electrons. The van der Waals surface area contributed by atoms with Gasteiger partial charge in [-0.25, -0.2) is 8.42 Å². The Balaban J connectivity index is 2.22. The van der Waals surface area contributed by atoms with Gasteiger partial charge in [0, 0.05) is 19.1 Å². The Labute approximate surface area is 107 Å². The molecule has 2 N–H and O–H groups in total. The quantitative estimate of drug-likeness (QED) is 0.860. The van der Waals surface area contributed by atoms with Crippen molar-refractivity contribution in [2.45, 2.75) is 23.8 Å². The summed E-state index contributed by atoms with van der Waals surface area (Å²) in [5.74, 6) is 0. The minimum absolute atomic E-state index is 0.0716. The number of sulfonamides is 1. The van der Waals surface area contributed by atoms with Crippen LogP contribution in [0.15, 0.2) is 29.2 Å². The highest BCUT2D eigenvalue weighted by Gasteiger charge is 2.30. The first kappa shape index (κ1) is 13.0. The zero-order valence-corrected chi connectivity index (χ0v) is 10.7. The fourth-order valence-electron chi connectivity index (χ4n) is 1.99. The molecule has 1 aromatic carbocycles. The van der Waals surface area contributed by atoms with Gasteiger partial charge in [0.25, 0.3) is 0 Å². The Hall–Kier alpha value is -1.42. The van der Waals surface area contributed by atoms with Crippen molar-refractivity contribution >= 4 is 10.0 Å². The molecule has 0 bridgehead atoms. The fraction of sp³-hybridized carbons (Fsp3) is 0.417. The molecule has 1 aliphatic rings. The summed E-state index contributed by atoms with van der Waals surface area (Å²) >= 11 is 0. The molecule has 1 saturated heterocycles. The Bertz CT molecular complexity index is 560. The minimum Gasteiger partial charge on any atom is -0.326 e. The summed E-state index contributed by atoms with van der Waals surface area (Å²) in [5.41, 5.74) is 6.54. The molecule has 18 heavy (non-hydrogen) atoms. The number of hydrogen-bond donors (Lipinski definition) is 1. The molecule has 0 aliphatic carbocycles. The highest BCUT2D eigenvalue weighted by molar-refractivity contribution is 7.89. The van der Waals surface area contributed by atoms with E-state index in [0.717, 1.165) is 5.56 Å². The van der Waals surface area contributed by atoms with Gasteiger partial charge in [-0.05, 0) is 24.1 Å². The second-order valence-electron chi connectivity index (χ2n) is 4.39. The molecule has 2 rings (SSSR count). The summed E-state index contributed by atoms with van der Waals surface area (Å²) < 4.78 is 25.9. The summed E-state index contributed by atoms with van der Waals surface area (Å²) in [6, 6.07) is 8.40. The molecule has 1 aromatic rings. The van der Waals surface area contributed by atoms with E-state index in [9.17, 15) is 8.42 Å². The van der Waals surface area contributed by atoms with Gasteiger partial charge in [0.1, 0.15) is 0 Å². The lowest BCUT2D eigenvalue weighted by atomic mass is 10.2. The van der Waals surface area contributed by atoms with Gasteiger partial charge < -0.3 is 5.73 Å². The van der Waals surface area contributed by atoms with Crippen LogP contribution < -0.4 is 5.73 Å². The molecule has 0 spiro atoms. The molecule has 1 fully saturated rings. The van der Waals surface area contributed by atoms with Crippen LogP contribution in [0.2, 0.25) is 0 Å². The van der Waals surface area contributed by atoms with Crippen LogP contribution in [-0.2, 0) is 16.4 Å². The van der Waals surface area contributed by atoms with Gasteiger partial charge in [-0.15, -0.1) is 0 Å². The van der Waals surface area contributed by atoms with Crippen LogP contribution in [0.4, 0.5) is 0 Å². The maximum atomic E-state index is 12.3. The zero-order valence-electron chi connectivity index (χ0n) is 9.91. The van der Waals surface area contributed by atoms with Crippen molar-refractivity contribution in [1.82, 2.24) is 4.31 Å². The van der Waals surface area contributed by atoms with Crippen LogP contribution in [0.3, 0.4) is 0 Å². The molecule has 0 unspecified atom stereocenters. The van der Waals surface area contributed by atoms with Gasteiger partial charge in [0.15, 0.2) is 0 Å². The van der Waals surface area contributed by atoms with Crippen LogP contribution in [0.1, 0.15) is 12.0 Å². The second kappa shape index (κ2) is 5.06. The Morgan fingerprint density at radius 3 is 2.56 bits per heavy atom. The molecule has 0 aromatic heterocycles. The summed E-state index contributed by atoms with van der Waals surface area (Å²) in [5, 5.41) is 8.56. The number of nitrogens with two attached hydrogens (primary N) is 1. The third kappa shape index (κ3) is 2.53. The van der Waals surface area contributed by atoms with Crippen LogP contribution in [-0.4, -0.2) is 31.9 Å². The SMILES string of the molecule is N#CCc1ccc(S(=O)(=O)N2CC[C@@H](N)C2)cc1. The lowest BCUT2D eigenvalue weighted by Crippen LogP contribution is -2.31. The van der Waals surface area contributed by atoms with Gasteiger partial charge in [0.05, 0.1) is 17.4 Å². The monoisotopic (exact) mass is 265 g/mol. The third-order valence-corrected chi connectivity index (χ3v) is 4.91. The van der Waals surface area contributed by atoms with E-state index in [2.05, 4.69) is 0 Å². The summed E-state index contributed by atoms with van der Waals surface area (Å²) in [6.45, 7) is 0.853. The predicted molar refractivity (Wildman–Crippen MR) is 67.1 cm³/mol. The predicted octanol–water partition coefficient (Wildman–Crippen LogP) is 0.474. The van der Waals surface area contributed by atoms with Crippen molar-refractivity contribution in [1.29, 1.82) is 5.26 Å². The van der Waals surface area contributed by atoms with E-state index in [1.165, 1.54) is 4.31 Å². The average Bonchev–Trinajstić information content (AvgIpc) is 2.78. The smallest absolute Gasteiger partial charge is 0.243 e. The van der Waals surface area contributed by atoms with E-state index < -0.39 is 10.0 Å². The molecular weight excluding hydrogens is 250 g/mol. The van der Waals surface area contributed by atoms with Gasteiger partial charge in [-0.2, -0.15) is 9.57 Å². The van der Waals surface area contributed by atoms with Crippen molar-refractivity contribution in [2.24, 2.45) is 5.73 Å². The largest absolute Gasteiger partial charge is 0.326 e. The minimum atomic E-state index is -3.43. The standard InChI is InChI=1S/C12H15N3O2S/c13-7-5-10-1-3-12(4-2-10)18(16,17)15-8-6-11(14)9-15/h1-4,11H,5-6,8-9,14H2/t11-/m1/s1. The molecule has 5 nitrogen and oxygen atoms in total. The average molecular weight is 265 g/mol. The molecule has 0 saturated carbocycles. The summed E-state index contributed by atoms with van der Waals surface area (Å²) in [7, 11) is -3.43. The fourth-order valence-corrected chi connectivity index (χ4v) is 3.50. The summed E-state index contributed by atoms with van der Waals surface area (Å²) in [6.07, 6.45) is 0.987. The van der Waals surface area contributed by atoms with Crippen LogP contribution in [0, 0.1) is 11.3 Å². The lowest BCUT2D eigenvalue weighted by Gasteiger charge is -2.15. The first-order chi connectivity index (χ1) is 8.54. The Morgan fingerprint density at radius 1 is 1.39 bits per heavy atom. The van der Waals surface area contributed by atoms with Crippen LogP contribution in [0.5, 0.6) is 0 Å². The molecule has 0 radical (unpaired) electrons. The van der Waals surface area contributed by atoms with Gasteiger partial charge >= 0.3 is 0 Å². The van der Waals surface area contributed by atoms with Gasteiger partial charge in [-0.1, -0.05) is 12.1 Å². The van der Waals surface area contributed by atoms with Gasteiger partial charge in [0.2, 0.25) is 10.0 Å². The van der Waals surface area contributed by atoms with E-state index in [-0.39, 0.29) is 17.4 Å². The summed E-state index contributed by atoms with van der Waals surface area (Å²) in [4.78, 5) is 0.262. The maximum absolute atomic E-state index is 12.3. The Kier molecular flexibility index (Phi) is 3.66. The molecular formula is C12H15N3O2S. The van der Waals surface area contributed by atoms with Crippen molar-refractivity contribution < 1.29 is 8.42 Å². The highest BCUT2D eigenvalue weighted by atomic mass is 32.2. The third-order valence-electron chi connectivity index (χ3n) is 3.03.